The van der Waals surface area contributed by atoms with Crippen LogP contribution in [0, 0.1) is 13.8 Å². The molecule has 2 aromatic rings. The van der Waals surface area contributed by atoms with Crippen LogP contribution in [0.3, 0.4) is 0 Å². The molecule has 0 aliphatic carbocycles. The topological polar surface area (TPSA) is 55.1 Å². The molecule has 1 N–H and O–H groups in total. The molecule has 0 aliphatic heterocycles. The van der Waals surface area contributed by atoms with Crippen LogP contribution in [0.15, 0.2) is 24.4 Å². The fourth-order valence-corrected chi connectivity index (χ4v) is 1.74. The Bertz CT molecular complexity index is 571. The molecule has 2 rings (SSSR count). The predicted molar refractivity (Wildman–Crippen MR) is 65.0 cm³/mol. The molecule has 0 aliphatic rings. The van der Waals surface area contributed by atoms with Gasteiger partial charge in [0.25, 0.3) is 0 Å². The van der Waals surface area contributed by atoms with Crippen molar-refractivity contribution in [3.8, 4) is 5.69 Å². The smallest absolute Gasteiger partial charge is 0.335 e. The van der Waals surface area contributed by atoms with Crippen LogP contribution in [0.2, 0.25) is 5.02 Å². The van der Waals surface area contributed by atoms with Crippen molar-refractivity contribution in [3.63, 3.8) is 0 Å². The van der Waals surface area contributed by atoms with Crippen molar-refractivity contribution >= 4 is 17.6 Å². The Labute approximate surface area is 103 Å². The molecule has 17 heavy (non-hydrogen) atoms. The monoisotopic (exact) mass is 250 g/mol. The normalized spacial score (nSPS) is 10.5. The largest absolute Gasteiger partial charge is 0.478 e. The lowest BCUT2D eigenvalue weighted by atomic mass is 10.1. The third-order valence-electron chi connectivity index (χ3n) is 2.53. The fraction of sp³-hybridized carbons (Fsp3) is 0.167. The summed E-state index contributed by atoms with van der Waals surface area (Å²) >= 11 is 5.94. The van der Waals surface area contributed by atoms with Crippen molar-refractivity contribution in [2.45, 2.75) is 13.8 Å². The number of rotatable bonds is 2. The molecule has 4 nitrogen and oxygen atoms in total. The molecule has 88 valence electrons. The summed E-state index contributed by atoms with van der Waals surface area (Å²) in [6.07, 6.45) is 1.71. The molecule has 0 atom stereocenters. The molecule has 0 saturated heterocycles. The van der Waals surface area contributed by atoms with Gasteiger partial charge < -0.3 is 5.11 Å². The van der Waals surface area contributed by atoms with Gasteiger partial charge in [0.1, 0.15) is 0 Å². The van der Waals surface area contributed by atoms with Crippen LogP contribution < -0.4 is 0 Å². The zero-order chi connectivity index (χ0) is 12.6. The molecule has 0 unspecified atom stereocenters. The van der Waals surface area contributed by atoms with Gasteiger partial charge in [0.05, 0.1) is 22.0 Å². The number of aromatic carboxylic acids is 1. The first-order chi connectivity index (χ1) is 7.99. The standard InChI is InChI=1S/C12H11ClN2O2/c1-7-5-9(12(16)17)3-4-11(7)15-6-10(13)8(2)14-15/h3-6H,1-2H3,(H,16,17). The summed E-state index contributed by atoms with van der Waals surface area (Å²) in [6, 6.07) is 4.89. The molecule has 1 aromatic carbocycles. The molecule has 0 saturated carbocycles. The van der Waals surface area contributed by atoms with Crippen LogP contribution >= 0.6 is 11.6 Å². The summed E-state index contributed by atoms with van der Waals surface area (Å²) in [4.78, 5) is 10.8. The van der Waals surface area contributed by atoms with Crippen LogP contribution in [-0.2, 0) is 0 Å². The molecular formula is C12H11ClN2O2. The van der Waals surface area contributed by atoms with Crippen molar-refractivity contribution in [2.75, 3.05) is 0 Å². The van der Waals surface area contributed by atoms with Crippen molar-refractivity contribution in [1.82, 2.24) is 9.78 Å². The number of aromatic nitrogens is 2. The Kier molecular flexibility index (Phi) is 2.90. The van der Waals surface area contributed by atoms with Crippen molar-refractivity contribution < 1.29 is 9.90 Å². The van der Waals surface area contributed by atoms with Crippen LogP contribution in [-0.4, -0.2) is 20.9 Å². The fourth-order valence-electron chi connectivity index (χ4n) is 1.61. The van der Waals surface area contributed by atoms with Gasteiger partial charge in [0.15, 0.2) is 0 Å². The zero-order valence-corrected chi connectivity index (χ0v) is 10.2. The van der Waals surface area contributed by atoms with E-state index in [0.717, 1.165) is 16.9 Å². The molecule has 0 fully saturated rings. The first-order valence-corrected chi connectivity index (χ1v) is 5.43. The van der Waals surface area contributed by atoms with E-state index in [4.69, 9.17) is 16.7 Å². The number of carboxylic acid groups (broad SMARTS) is 1. The van der Waals surface area contributed by atoms with Crippen molar-refractivity contribution in [1.29, 1.82) is 0 Å². The lowest BCUT2D eigenvalue weighted by Crippen LogP contribution is -2.02. The number of carboxylic acids is 1. The Morgan fingerprint density at radius 1 is 1.41 bits per heavy atom. The Balaban J connectivity index is 2.50. The molecule has 0 radical (unpaired) electrons. The summed E-state index contributed by atoms with van der Waals surface area (Å²) < 4.78 is 1.65. The van der Waals surface area contributed by atoms with Gasteiger partial charge in [-0.15, -0.1) is 0 Å². The number of hydrogen-bond acceptors (Lipinski definition) is 2. The number of benzene rings is 1. The lowest BCUT2D eigenvalue weighted by Gasteiger charge is -2.06. The second-order valence-corrected chi connectivity index (χ2v) is 4.22. The number of nitrogens with zero attached hydrogens (tertiary/aromatic N) is 2. The molecule has 1 aromatic heterocycles. The van der Waals surface area contributed by atoms with Crippen LogP contribution in [0.4, 0.5) is 0 Å². The molecular weight excluding hydrogens is 240 g/mol. The van der Waals surface area contributed by atoms with Gasteiger partial charge in [-0.1, -0.05) is 11.6 Å². The Morgan fingerprint density at radius 2 is 2.12 bits per heavy atom. The highest BCUT2D eigenvalue weighted by molar-refractivity contribution is 6.31. The Hall–Kier alpha value is -1.81. The van der Waals surface area contributed by atoms with E-state index in [1.165, 1.54) is 0 Å². The highest BCUT2D eigenvalue weighted by Gasteiger charge is 2.09. The SMILES string of the molecule is Cc1cc(C(=O)O)ccc1-n1cc(Cl)c(C)n1. The molecule has 0 spiro atoms. The average Bonchev–Trinajstić information content (AvgIpc) is 2.58. The number of hydrogen-bond donors (Lipinski definition) is 1. The van der Waals surface area contributed by atoms with E-state index in [-0.39, 0.29) is 5.56 Å². The van der Waals surface area contributed by atoms with Crippen LogP contribution in [0.1, 0.15) is 21.6 Å². The maximum atomic E-state index is 10.8. The lowest BCUT2D eigenvalue weighted by molar-refractivity contribution is 0.0697. The number of aryl methyl sites for hydroxylation is 2. The van der Waals surface area contributed by atoms with E-state index in [2.05, 4.69) is 5.10 Å². The van der Waals surface area contributed by atoms with E-state index in [9.17, 15) is 4.79 Å². The quantitative estimate of drug-likeness (QED) is 0.892. The predicted octanol–water partition coefficient (Wildman–Crippen LogP) is 2.84. The maximum absolute atomic E-state index is 10.8. The van der Waals surface area contributed by atoms with E-state index in [1.807, 2.05) is 13.8 Å². The molecule has 0 bridgehead atoms. The third-order valence-corrected chi connectivity index (χ3v) is 2.90. The van der Waals surface area contributed by atoms with Gasteiger partial charge in [0, 0.05) is 6.20 Å². The van der Waals surface area contributed by atoms with Crippen molar-refractivity contribution in [3.05, 3.63) is 46.2 Å². The van der Waals surface area contributed by atoms with Crippen LogP contribution in [0.5, 0.6) is 0 Å². The minimum Gasteiger partial charge on any atom is -0.478 e. The second kappa shape index (κ2) is 4.22. The minimum absolute atomic E-state index is 0.265. The average molecular weight is 251 g/mol. The van der Waals surface area contributed by atoms with E-state index < -0.39 is 5.97 Å². The first kappa shape index (κ1) is 11.7. The summed E-state index contributed by atoms with van der Waals surface area (Å²) in [5, 5.41) is 13.7. The molecule has 5 heteroatoms. The van der Waals surface area contributed by atoms with Gasteiger partial charge >= 0.3 is 5.97 Å². The van der Waals surface area contributed by atoms with Gasteiger partial charge in [-0.25, -0.2) is 9.48 Å². The highest BCUT2D eigenvalue weighted by Crippen LogP contribution is 2.19. The van der Waals surface area contributed by atoms with Gasteiger partial charge in [0.2, 0.25) is 0 Å². The van der Waals surface area contributed by atoms with Crippen LogP contribution in [0.25, 0.3) is 5.69 Å². The first-order valence-electron chi connectivity index (χ1n) is 5.05. The zero-order valence-electron chi connectivity index (χ0n) is 9.44. The number of carbonyl (C=O) groups is 1. The van der Waals surface area contributed by atoms with E-state index in [1.54, 1.807) is 29.1 Å². The van der Waals surface area contributed by atoms with E-state index in [0.29, 0.717) is 5.02 Å². The number of halogens is 1. The van der Waals surface area contributed by atoms with E-state index >= 15 is 0 Å². The maximum Gasteiger partial charge on any atom is 0.335 e. The van der Waals surface area contributed by atoms with Gasteiger partial charge in [-0.05, 0) is 37.6 Å². The third kappa shape index (κ3) is 2.17. The molecule has 1 heterocycles. The summed E-state index contributed by atoms with van der Waals surface area (Å²) in [7, 11) is 0. The molecule has 0 amide bonds. The highest BCUT2D eigenvalue weighted by atomic mass is 35.5. The summed E-state index contributed by atoms with van der Waals surface area (Å²) in [5.74, 6) is -0.936. The summed E-state index contributed by atoms with van der Waals surface area (Å²) in [6.45, 7) is 3.66. The Morgan fingerprint density at radius 3 is 2.59 bits per heavy atom. The van der Waals surface area contributed by atoms with Crippen molar-refractivity contribution in [2.24, 2.45) is 0 Å². The van der Waals surface area contributed by atoms with Gasteiger partial charge in [-0.3, -0.25) is 0 Å². The summed E-state index contributed by atoms with van der Waals surface area (Å²) in [5.41, 5.74) is 2.67. The van der Waals surface area contributed by atoms with Gasteiger partial charge in [-0.2, -0.15) is 5.10 Å². The minimum atomic E-state index is -0.936. The second-order valence-electron chi connectivity index (χ2n) is 3.81.